The van der Waals surface area contributed by atoms with Gasteiger partial charge >= 0.3 is 5.97 Å². The predicted molar refractivity (Wildman–Crippen MR) is 89.8 cm³/mol. The Kier molecular flexibility index (Phi) is 2.80. The molecule has 6 rings (SSSR count). The number of esters is 1. The molecule has 0 N–H and O–H groups in total. The molecule has 0 aromatic carbocycles. The number of hydrogen-bond acceptors (Lipinski definition) is 5. The molecule has 6 aliphatic rings. The Balaban J connectivity index is 1.64. The average molecular weight is 354 g/mol. The molecule has 2 heterocycles. The van der Waals surface area contributed by atoms with E-state index in [-0.39, 0.29) is 40.9 Å². The third kappa shape index (κ3) is 1.52. The van der Waals surface area contributed by atoms with Gasteiger partial charge in [-0.3, -0.25) is 14.4 Å². The molecule has 0 aromatic heterocycles. The number of allylic oxidation sites excluding steroid dienone is 2. The van der Waals surface area contributed by atoms with Crippen LogP contribution in [0, 0.1) is 35.0 Å². The molecular weight excluding hydrogens is 332 g/mol. The van der Waals surface area contributed by atoms with Crippen molar-refractivity contribution in [1.29, 1.82) is 0 Å². The van der Waals surface area contributed by atoms with E-state index in [1.54, 1.807) is 0 Å². The zero-order valence-electron chi connectivity index (χ0n) is 14.8. The van der Waals surface area contributed by atoms with E-state index in [1.165, 1.54) is 12.2 Å². The number of carbonyl (C=O) groups is 3. The zero-order valence-corrected chi connectivity index (χ0v) is 14.8. The lowest BCUT2D eigenvalue weighted by molar-refractivity contribution is -0.143. The Morgan fingerprint density at radius 3 is 2.62 bits per heavy atom. The van der Waals surface area contributed by atoms with Crippen molar-refractivity contribution >= 4 is 17.5 Å². The summed E-state index contributed by atoms with van der Waals surface area (Å²) >= 11 is 0. The van der Waals surface area contributed by atoms with Crippen LogP contribution < -0.4 is 0 Å². The Labute approximate surface area is 151 Å². The number of ether oxygens (including phenoxy) is 2. The fourth-order valence-corrected chi connectivity index (χ4v) is 7.51. The van der Waals surface area contributed by atoms with E-state index in [2.05, 4.69) is 6.92 Å². The van der Waals surface area contributed by atoms with Crippen LogP contribution in [0.2, 0.25) is 0 Å². The summed E-state index contributed by atoms with van der Waals surface area (Å²) in [7, 11) is 0. The van der Waals surface area contributed by atoms with Gasteiger partial charge < -0.3 is 9.47 Å². The van der Waals surface area contributed by atoms with Crippen LogP contribution in [-0.4, -0.2) is 36.4 Å². The van der Waals surface area contributed by atoms with Gasteiger partial charge in [0.15, 0.2) is 11.6 Å². The highest BCUT2D eigenvalue weighted by Crippen LogP contribution is 2.70. The summed E-state index contributed by atoms with van der Waals surface area (Å²) in [6.45, 7) is 2.86. The minimum Gasteiger partial charge on any atom is -0.457 e. The summed E-state index contributed by atoms with van der Waals surface area (Å²) in [4.78, 5) is 38.2. The van der Waals surface area contributed by atoms with Crippen LogP contribution in [0.15, 0.2) is 23.3 Å². The number of hydrogen-bond donors (Lipinski definition) is 0. The van der Waals surface area contributed by atoms with Crippen LogP contribution in [0.4, 0.5) is 0 Å². The van der Waals surface area contributed by atoms with Gasteiger partial charge in [-0.25, -0.2) is 0 Å². The van der Waals surface area contributed by atoms with Gasteiger partial charge in [-0.15, -0.1) is 0 Å². The molecule has 4 fully saturated rings. The maximum absolute atomic E-state index is 12.9. The molecule has 5 nitrogen and oxygen atoms in total. The minimum absolute atomic E-state index is 0.0175. The lowest BCUT2D eigenvalue weighted by Crippen LogP contribution is -2.59. The topological polar surface area (TPSA) is 69.7 Å². The molecule has 8 atom stereocenters. The Morgan fingerprint density at radius 1 is 1.04 bits per heavy atom. The Bertz CT molecular complexity index is 822. The quantitative estimate of drug-likeness (QED) is 0.492. The first-order valence-electron chi connectivity index (χ1n) is 9.87. The highest BCUT2D eigenvalue weighted by Gasteiger charge is 2.72. The van der Waals surface area contributed by atoms with Crippen molar-refractivity contribution in [3.63, 3.8) is 0 Å². The maximum atomic E-state index is 12.9. The summed E-state index contributed by atoms with van der Waals surface area (Å²) < 4.78 is 12.2. The molecule has 5 heteroatoms. The van der Waals surface area contributed by atoms with Crippen molar-refractivity contribution in [2.24, 2.45) is 35.0 Å². The standard InChI is InChI=1S/C21H22O5/c1-9-8-25-19-16-14(23)5-4-13(22)15(16)18-17-11(20(24)26-18)2-3-12-10(9)6-7-21(12,17)19/h4-5,9-12,17-19H,2-3,6-8H2,1H3/t9-,10+,11+,12+,17-,18-,19+,21+/m1/s1. The summed E-state index contributed by atoms with van der Waals surface area (Å²) in [5, 5.41) is 0. The molecule has 1 spiro atoms. The molecule has 2 saturated carbocycles. The lowest BCUT2D eigenvalue weighted by atomic mass is 9.48. The SMILES string of the molecule is C[C@@H]1CO[C@H]2C3=C(C(=O)C=CC3=O)[C@H]3OC(=O)[C@H]4CC[C@H]5[C@H]1CC[C@]25[C@H]43. The Morgan fingerprint density at radius 2 is 1.81 bits per heavy atom. The van der Waals surface area contributed by atoms with E-state index < -0.39 is 6.10 Å². The molecule has 26 heavy (non-hydrogen) atoms. The number of carbonyl (C=O) groups excluding carboxylic acids is 3. The first-order chi connectivity index (χ1) is 12.5. The van der Waals surface area contributed by atoms with E-state index in [4.69, 9.17) is 9.47 Å². The molecule has 0 unspecified atom stereocenters. The van der Waals surface area contributed by atoms with E-state index in [0.717, 1.165) is 25.7 Å². The third-order valence-electron chi connectivity index (χ3n) is 8.33. The molecule has 2 bridgehead atoms. The van der Waals surface area contributed by atoms with Crippen LogP contribution in [0.3, 0.4) is 0 Å². The highest BCUT2D eigenvalue weighted by atomic mass is 16.6. The second-order valence-electron chi connectivity index (χ2n) is 9.07. The van der Waals surface area contributed by atoms with E-state index in [1.807, 2.05) is 0 Å². The molecule has 2 saturated heterocycles. The molecule has 2 aliphatic heterocycles. The second-order valence-corrected chi connectivity index (χ2v) is 9.07. The smallest absolute Gasteiger partial charge is 0.310 e. The van der Waals surface area contributed by atoms with Crippen molar-refractivity contribution < 1.29 is 23.9 Å². The van der Waals surface area contributed by atoms with Crippen molar-refractivity contribution in [3.8, 4) is 0 Å². The minimum atomic E-state index is -0.557. The van der Waals surface area contributed by atoms with Gasteiger partial charge in [0.2, 0.25) is 0 Å². The monoisotopic (exact) mass is 354 g/mol. The van der Waals surface area contributed by atoms with Gasteiger partial charge in [-0.2, -0.15) is 0 Å². The third-order valence-corrected chi connectivity index (χ3v) is 8.33. The van der Waals surface area contributed by atoms with Crippen molar-refractivity contribution in [2.45, 2.75) is 44.8 Å². The summed E-state index contributed by atoms with van der Waals surface area (Å²) in [5.74, 6) is 0.775. The first kappa shape index (κ1) is 15.3. The van der Waals surface area contributed by atoms with Gasteiger partial charge in [-0.1, -0.05) is 6.92 Å². The molecule has 0 amide bonds. The zero-order chi connectivity index (χ0) is 17.8. The molecule has 4 aliphatic carbocycles. The fraction of sp³-hybridized carbons (Fsp3) is 0.667. The molecule has 136 valence electrons. The van der Waals surface area contributed by atoms with Crippen molar-refractivity contribution in [1.82, 2.24) is 0 Å². The van der Waals surface area contributed by atoms with Gasteiger partial charge in [-0.05, 0) is 55.6 Å². The van der Waals surface area contributed by atoms with Crippen LogP contribution in [0.1, 0.15) is 32.6 Å². The van der Waals surface area contributed by atoms with Gasteiger partial charge in [0.25, 0.3) is 0 Å². The number of ketones is 2. The van der Waals surface area contributed by atoms with Crippen LogP contribution >= 0.6 is 0 Å². The number of rotatable bonds is 0. The molecule has 0 radical (unpaired) electrons. The molecule has 0 aromatic rings. The molecular formula is C21H22O5. The summed E-state index contributed by atoms with van der Waals surface area (Å²) in [6, 6.07) is 0. The van der Waals surface area contributed by atoms with Crippen molar-refractivity contribution in [2.75, 3.05) is 6.61 Å². The van der Waals surface area contributed by atoms with E-state index >= 15 is 0 Å². The maximum Gasteiger partial charge on any atom is 0.310 e. The van der Waals surface area contributed by atoms with E-state index in [0.29, 0.717) is 35.5 Å². The largest absolute Gasteiger partial charge is 0.457 e. The summed E-state index contributed by atoms with van der Waals surface area (Å²) in [6.07, 6.45) is 5.70. The van der Waals surface area contributed by atoms with Crippen LogP contribution in [0.25, 0.3) is 0 Å². The highest BCUT2D eigenvalue weighted by molar-refractivity contribution is 6.21. The van der Waals surface area contributed by atoms with Crippen molar-refractivity contribution in [3.05, 3.63) is 23.3 Å². The predicted octanol–water partition coefficient (Wildman–Crippen LogP) is 2.00. The lowest BCUT2D eigenvalue weighted by Gasteiger charge is -2.55. The number of fused-ring (bicyclic) bond motifs is 2. The average Bonchev–Trinajstić information content (AvgIpc) is 3.13. The fourth-order valence-electron chi connectivity index (χ4n) is 7.51. The van der Waals surface area contributed by atoms with Gasteiger partial charge in [0, 0.05) is 22.5 Å². The van der Waals surface area contributed by atoms with Crippen LogP contribution in [0.5, 0.6) is 0 Å². The summed E-state index contributed by atoms with van der Waals surface area (Å²) in [5.41, 5.74) is 0.677. The van der Waals surface area contributed by atoms with Gasteiger partial charge in [0.05, 0.1) is 18.6 Å². The second kappa shape index (κ2) is 4.75. The first-order valence-corrected chi connectivity index (χ1v) is 9.87. The van der Waals surface area contributed by atoms with Crippen LogP contribution in [-0.2, 0) is 23.9 Å². The normalized spacial score (nSPS) is 51.1. The van der Waals surface area contributed by atoms with Gasteiger partial charge in [0.1, 0.15) is 6.10 Å². The Hall–Kier alpha value is -1.75. The van der Waals surface area contributed by atoms with E-state index in [9.17, 15) is 14.4 Å².